The Bertz CT molecular complexity index is 1180. The van der Waals surface area contributed by atoms with Crippen LogP contribution in [0.5, 0.6) is 5.75 Å². The Morgan fingerprint density at radius 3 is 2.82 bits per heavy atom. The molecular formula is C26H30N4O3. The molecule has 5 rings (SSSR count). The van der Waals surface area contributed by atoms with Crippen LogP contribution in [0.4, 0.5) is 0 Å². The van der Waals surface area contributed by atoms with E-state index in [9.17, 15) is 9.59 Å². The highest BCUT2D eigenvalue weighted by Gasteiger charge is 2.34. The molecule has 0 atom stereocenters. The molecule has 2 amide bonds. The van der Waals surface area contributed by atoms with Gasteiger partial charge in [0.2, 0.25) is 11.8 Å². The molecule has 1 aromatic heterocycles. The number of nitrogens with one attached hydrogen (secondary N) is 1. The molecule has 0 bridgehead atoms. The Kier molecular flexibility index (Phi) is 6.03. The summed E-state index contributed by atoms with van der Waals surface area (Å²) >= 11 is 0. The SMILES string of the molecule is Cn1c(CCNC(=O)CCc2ccc3c(c2)CN(C(=O)C2CC2)CCO3)nc2ccccc21. The molecule has 1 saturated carbocycles. The van der Waals surface area contributed by atoms with Gasteiger partial charge in [-0.1, -0.05) is 24.3 Å². The first-order chi connectivity index (χ1) is 16.1. The molecule has 2 heterocycles. The van der Waals surface area contributed by atoms with E-state index < -0.39 is 0 Å². The van der Waals surface area contributed by atoms with Crippen molar-refractivity contribution in [2.45, 2.75) is 38.6 Å². The first-order valence-electron chi connectivity index (χ1n) is 11.8. The Hall–Kier alpha value is -3.35. The van der Waals surface area contributed by atoms with Crippen LogP contribution in [0.1, 0.15) is 36.2 Å². The summed E-state index contributed by atoms with van der Waals surface area (Å²) in [6.07, 6.45) is 3.79. The van der Waals surface area contributed by atoms with Crippen molar-refractivity contribution in [2.24, 2.45) is 13.0 Å². The molecule has 1 aliphatic heterocycles. The molecule has 0 radical (unpaired) electrons. The lowest BCUT2D eigenvalue weighted by Crippen LogP contribution is -2.33. The normalized spacial score (nSPS) is 15.6. The van der Waals surface area contributed by atoms with E-state index in [1.54, 1.807) is 0 Å². The number of carbonyl (C=O) groups is 2. The van der Waals surface area contributed by atoms with Crippen molar-refractivity contribution in [3.63, 3.8) is 0 Å². The van der Waals surface area contributed by atoms with Gasteiger partial charge < -0.3 is 19.5 Å². The number of benzene rings is 2. The second-order valence-electron chi connectivity index (χ2n) is 9.00. The van der Waals surface area contributed by atoms with Crippen LogP contribution in [0.3, 0.4) is 0 Å². The van der Waals surface area contributed by atoms with Gasteiger partial charge in [-0.25, -0.2) is 4.98 Å². The fraction of sp³-hybridized carbons (Fsp3) is 0.423. The number of carbonyl (C=O) groups excluding carboxylic acids is 2. The van der Waals surface area contributed by atoms with Crippen molar-refractivity contribution in [1.82, 2.24) is 19.8 Å². The molecule has 33 heavy (non-hydrogen) atoms. The topological polar surface area (TPSA) is 76.5 Å². The number of imidazole rings is 1. The van der Waals surface area contributed by atoms with Crippen molar-refractivity contribution >= 4 is 22.8 Å². The summed E-state index contributed by atoms with van der Waals surface area (Å²) in [5.74, 6) is 2.30. The van der Waals surface area contributed by atoms with Gasteiger partial charge in [0.05, 0.1) is 17.6 Å². The zero-order valence-corrected chi connectivity index (χ0v) is 19.0. The lowest BCUT2D eigenvalue weighted by Gasteiger charge is -2.19. The van der Waals surface area contributed by atoms with E-state index in [1.807, 2.05) is 42.3 Å². The van der Waals surface area contributed by atoms with Gasteiger partial charge in [0, 0.05) is 44.5 Å². The van der Waals surface area contributed by atoms with E-state index >= 15 is 0 Å². The van der Waals surface area contributed by atoms with Crippen LogP contribution in [0.15, 0.2) is 42.5 Å². The summed E-state index contributed by atoms with van der Waals surface area (Å²) < 4.78 is 7.93. The number of nitrogens with zero attached hydrogens (tertiary/aromatic N) is 3. The zero-order valence-electron chi connectivity index (χ0n) is 19.0. The zero-order chi connectivity index (χ0) is 22.8. The van der Waals surface area contributed by atoms with Crippen molar-refractivity contribution in [2.75, 3.05) is 19.7 Å². The second-order valence-corrected chi connectivity index (χ2v) is 9.00. The molecule has 0 saturated heterocycles. The number of hydrogen-bond donors (Lipinski definition) is 1. The molecule has 172 valence electrons. The number of aromatic nitrogens is 2. The Labute approximate surface area is 193 Å². The fourth-order valence-electron chi connectivity index (χ4n) is 4.46. The molecule has 1 fully saturated rings. The van der Waals surface area contributed by atoms with Gasteiger partial charge in [-0.05, 0) is 43.0 Å². The third-order valence-electron chi connectivity index (χ3n) is 6.53. The molecule has 1 aliphatic carbocycles. The fourth-order valence-corrected chi connectivity index (χ4v) is 4.46. The van der Waals surface area contributed by atoms with Crippen LogP contribution in [-0.4, -0.2) is 46.0 Å². The van der Waals surface area contributed by atoms with Crippen molar-refractivity contribution in [1.29, 1.82) is 0 Å². The maximum absolute atomic E-state index is 12.5. The van der Waals surface area contributed by atoms with Gasteiger partial charge in [0.15, 0.2) is 0 Å². The van der Waals surface area contributed by atoms with E-state index in [4.69, 9.17) is 4.74 Å². The lowest BCUT2D eigenvalue weighted by molar-refractivity contribution is -0.133. The summed E-state index contributed by atoms with van der Waals surface area (Å²) in [5.41, 5.74) is 4.19. The molecule has 2 aliphatic rings. The third-order valence-corrected chi connectivity index (χ3v) is 6.53. The second kappa shape index (κ2) is 9.25. The van der Waals surface area contributed by atoms with Gasteiger partial charge in [-0.3, -0.25) is 9.59 Å². The number of para-hydroxylation sites is 2. The Balaban J connectivity index is 1.13. The first-order valence-corrected chi connectivity index (χ1v) is 11.8. The average molecular weight is 447 g/mol. The minimum absolute atomic E-state index is 0.0329. The van der Waals surface area contributed by atoms with Crippen molar-refractivity contribution in [3.05, 3.63) is 59.4 Å². The molecule has 7 heteroatoms. The monoisotopic (exact) mass is 446 g/mol. The number of ether oxygens (including phenoxy) is 1. The van der Waals surface area contributed by atoms with E-state index in [0.717, 1.165) is 46.6 Å². The van der Waals surface area contributed by atoms with Crippen LogP contribution in [-0.2, 0) is 36.0 Å². The van der Waals surface area contributed by atoms with Gasteiger partial charge in [0.1, 0.15) is 18.2 Å². The maximum atomic E-state index is 12.5. The molecule has 3 aromatic rings. The Morgan fingerprint density at radius 1 is 1.15 bits per heavy atom. The summed E-state index contributed by atoms with van der Waals surface area (Å²) in [6.45, 7) is 2.31. The third kappa shape index (κ3) is 4.87. The van der Waals surface area contributed by atoms with Gasteiger partial charge in [-0.15, -0.1) is 0 Å². The molecule has 0 spiro atoms. The predicted molar refractivity (Wildman–Crippen MR) is 126 cm³/mol. The molecule has 1 N–H and O–H groups in total. The largest absolute Gasteiger partial charge is 0.491 e. The van der Waals surface area contributed by atoms with Crippen LogP contribution >= 0.6 is 0 Å². The summed E-state index contributed by atoms with van der Waals surface area (Å²) in [6, 6.07) is 14.1. The molecular weight excluding hydrogens is 416 g/mol. The van der Waals surface area contributed by atoms with E-state index in [2.05, 4.69) is 27.0 Å². The van der Waals surface area contributed by atoms with E-state index in [0.29, 0.717) is 45.5 Å². The number of rotatable bonds is 7. The van der Waals surface area contributed by atoms with Crippen LogP contribution in [0.2, 0.25) is 0 Å². The number of hydrogen-bond acceptors (Lipinski definition) is 4. The highest BCUT2D eigenvalue weighted by Crippen LogP contribution is 2.33. The molecule has 0 unspecified atom stereocenters. The van der Waals surface area contributed by atoms with Crippen molar-refractivity contribution in [3.8, 4) is 5.75 Å². The summed E-state index contributed by atoms with van der Waals surface area (Å²) in [7, 11) is 2.01. The molecule has 2 aromatic carbocycles. The standard InChI is InChI=1S/C26H30N4O3/c1-29-22-5-3-2-4-21(22)28-24(29)12-13-27-25(31)11-7-18-6-10-23-20(16-18)17-30(14-15-33-23)26(32)19-8-9-19/h2-6,10,16,19H,7-9,11-15,17H2,1H3,(H,27,31). The van der Waals surface area contributed by atoms with E-state index in [1.165, 1.54) is 0 Å². The summed E-state index contributed by atoms with van der Waals surface area (Å²) in [4.78, 5) is 31.5. The quantitative estimate of drug-likeness (QED) is 0.605. The smallest absolute Gasteiger partial charge is 0.226 e. The maximum Gasteiger partial charge on any atom is 0.226 e. The number of fused-ring (bicyclic) bond motifs is 2. The van der Waals surface area contributed by atoms with Crippen LogP contribution in [0.25, 0.3) is 11.0 Å². The lowest BCUT2D eigenvalue weighted by atomic mass is 10.0. The number of aryl methyl sites for hydroxylation is 2. The van der Waals surface area contributed by atoms with Gasteiger partial charge in [0.25, 0.3) is 0 Å². The highest BCUT2D eigenvalue weighted by atomic mass is 16.5. The molecule has 7 nitrogen and oxygen atoms in total. The minimum Gasteiger partial charge on any atom is -0.491 e. The van der Waals surface area contributed by atoms with E-state index in [-0.39, 0.29) is 17.7 Å². The van der Waals surface area contributed by atoms with Crippen LogP contribution < -0.4 is 10.1 Å². The van der Waals surface area contributed by atoms with Gasteiger partial charge in [-0.2, -0.15) is 0 Å². The highest BCUT2D eigenvalue weighted by molar-refractivity contribution is 5.81. The van der Waals surface area contributed by atoms with Gasteiger partial charge >= 0.3 is 0 Å². The Morgan fingerprint density at radius 2 is 2.00 bits per heavy atom. The average Bonchev–Trinajstić information content (AvgIpc) is 3.64. The van der Waals surface area contributed by atoms with Crippen LogP contribution in [0, 0.1) is 5.92 Å². The predicted octanol–water partition coefficient (Wildman–Crippen LogP) is 3.00. The van der Waals surface area contributed by atoms with Crippen molar-refractivity contribution < 1.29 is 14.3 Å². The minimum atomic E-state index is 0.0329. The summed E-state index contributed by atoms with van der Waals surface area (Å²) in [5, 5.41) is 3.02. The number of amides is 2. The first kappa shape index (κ1) is 21.5.